The number of hydrogen-bond donors (Lipinski definition) is 1. The Labute approximate surface area is 127 Å². The smallest absolute Gasteiger partial charge is 0.261 e. The van der Waals surface area contributed by atoms with Gasteiger partial charge >= 0.3 is 0 Å². The molecule has 0 unspecified atom stereocenters. The van der Waals surface area contributed by atoms with Crippen LogP contribution in [0.5, 0.6) is 5.75 Å². The highest BCUT2D eigenvalue weighted by molar-refractivity contribution is 7.09. The van der Waals surface area contributed by atoms with Crippen molar-refractivity contribution in [3.05, 3.63) is 51.7 Å². The van der Waals surface area contributed by atoms with Gasteiger partial charge in [-0.15, -0.1) is 11.3 Å². The van der Waals surface area contributed by atoms with E-state index in [0.29, 0.717) is 23.7 Å². The van der Waals surface area contributed by atoms with Crippen molar-refractivity contribution in [2.75, 3.05) is 0 Å². The monoisotopic (exact) mass is 309 g/mol. The molecule has 0 radical (unpaired) electrons. The first kappa shape index (κ1) is 14.9. The van der Waals surface area contributed by atoms with Crippen molar-refractivity contribution < 1.29 is 9.53 Å². The van der Waals surface area contributed by atoms with Crippen LogP contribution >= 0.6 is 22.9 Å². The summed E-state index contributed by atoms with van der Waals surface area (Å²) in [6.45, 7) is 2.45. The van der Waals surface area contributed by atoms with Gasteiger partial charge in [-0.3, -0.25) is 4.79 Å². The third-order valence-electron chi connectivity index (χ3n) is 2.75. The Balaban J connectivity index is 1.92. The fourth-order valence-electron chi connectivity index (χ4n) is 1.73. The number of carbonyl (C=O) groups excluding carboxylic acids is 1. The Bertz CT molecular complexity index is 557. The molecule has 0 saturated carbocycles. The first-order chi connectivity index (χ1) is 9.69. The summed E-state index contributed by atoms with van der Waals surface area (Å²) in [5, 5.41) is 5.47. The van der Waals surface area contributed by atoms with Crippen LogP contribution in [-0.4, -0.2) is 12.0 Å². The van der Waals surface area contributed by atoms with Crippen LogP contribution in [0.2, 0.25) is 5.02 Å². The molecule has 1 aromatic carbocycles. The summed E-state index contributed by atoms with van der Waals surface area (Å²) in [7, 11) is 0. The van der Waals surface area contributed by atoms with Gasteiger partial charge in [-0.1, -0.05) is 30.7 Å². The van der Waals surface area contributed by atoms with E-state index in [0.717, 1.165) is 4.88 Å². The molecular formula is C15H16ClNO2S. The first-order valence-electron chi connectivity index (χ1n) is 6.41. The average Bonchev–Trinajstić information content (AvgIpc) is 2.95. The molecule has 106 valence electrons. The van der Waals surface area contributed by atoms with Crippen molar-refractivity contribution in [2.45, 2.75) is 26.0 Å². The molecule has 0 bridgehead atoms. The Morgan fingerprint density at radius 2 is 2.25 bits per heavy atom. The largest absolute Gasteiger partial charge is 0.481 e. The van der Waals surface area contributed by atoms with E-state index in [4.69, 9.17) is 16.3 Å². The molecule has 1 amide bonds. The number of hydrogen-bond acceptors (Lipinski definition) is 3. The Morgan fingerprint density at radius 1 is 1.40 bits per heavy atom. The van der Waals surface area contributed by atoms with E-state index in [-0.39, 0.29) is 5.91 Å². The van der Waals surface area contributed by atoms with Crippen molar-refractivity contribution in [1.29, 1.82) is 0 Å². The maximum Gasteiger partial charge on any atom is 0.261 e. The Hall–Kier alpha value is -1.52. The highest BCUT2D eigenvalue weighted by atomic mass is 35.5. The fourth-order valence-corrected chi connectivity index (χ4v) is 2.55. The number of ether oxygens (including phenoxy) is 1. The molecule has 1 aromatic heterocycles. The lowest BCUT2D eigenvalue weighted by molar-refractivity contribution is -0.128. The minimum Gasteiger partial charge on any atom is -0.481 e. The van der Waals surface area contributed by atoms with Crippen LogP contribution in [0.1, 0.15) is 18.2 Å². The standard InChI is InChI=1S/C15H16ClNO2S/c1-2-14(19-12-6-3-5-11(16)9-12)15(18)17-10-13-7-4-8-20-13/h3-9,14H,2,10H2,1H3,(H,17,18)/t14-/m0/s1. The number of nitrogens with one attached hydrogen (secondary N) is 1. The Morgan fingerprint density at radius 3 is 2.90 bits per heavy atom. The number of carbonyl (C=O) groups is 1. The summed E-state index contributed by atoms with van der Waals surface area (Å²) in [5.41, 5.74) is 0. The molecule has 0 saturated heterocycles. The van der Waals surface area contributed by atoms with Crippen molar-refractivity contribution in [3.8, 4) is 5.75 Å². The predicted molar refractivity (Wildman–Crippen MR) is 82.3 cm³/mol. The van der Waals surface area contributed by atoms with Crippen molar-refractivity contribution in [1.82, 2.24) is 5.32 Å². The second-order valence-electron chi connectivity index (χ2n) is 4.27. The second-order valence-corrected chi connectivity index (χ2v) is 5.74. The van der Waals surface area contributed by atoms with Crippen LogP contribution in [0, 0.1) is 0 Å². The third kappa shape index (κ3) is 4.25. The Kier molecular flexibility index (Phi) is 5.44. The molecule has 1 N–H and O–H groups in total. The number of rotatable bonds is 6. The molecule has 0 aliphatic carbocycles. The zero-order valence-electron chi connectivity index (χ0n) is 11.1. The van der Waals surface area contributed by atoms with Crippen molar-refractivity contribution in [3.63, 3.8) is 0 Å². The van der Waals surface area contributed by atoms with Gasteiger partial charge in [0.2, 0.25) is 0 Å². The summed E-state index contributed by atoms with van der Waals surface area (Å²) in [6.07, 6.45) is 0.0939. The van der Waals surface area contributed by atoms with Crippen molar-refractivity contribution >= 4 is 28.8 Å². The lowest BCUT2D eigenvalue weighted by Crippen LogP contribution is -2.37. The molecule has 5 heteroatoms. The summed E-state index contributed by atoms with van der Waals surface area (Å²) in [5.74, 6) is 0.497. The van der Waals surface area contributed by atoms with E-state index < -0.39 is 6.10 Å². The van der Waals surface area contributed by atoms with E-state index in [1.165, 1.54) is 0 Å². The van der Waals surface area contributed by atoms with Gasteiger partial charge < -0.3 is 10.1 Å². The highest BCUT2D eigenvalue weighted by Gasteiger charge is 2.18. The van der Waals surface area contributed by atoms with Gasteiger partial charge in [0.15, 0.2) is 6.10 Å². The zero-order chi connectivity index (χ0) is 14.4. The fraction of sp³-hybridized carbons (Fsp3) is 0.267. The lowest BCUT2D eigenvalue weighted by atomic mass is 10.2. The topological polar surface area (TPSA) is 38.3 Å². The summed E-state index contributed by atoms with van der Waals surface area (Å²) < 4.78 is 5.68. The molecular weight excluding hydrogens is 294 g/mol. The lowest BCUT2D eigenvalue weighted by Gasteiger charge is -2.17. The minimum absolute atomic E-state index is 0.110. The molecule has 0 aliphatic heterocycles. The van der Waals surface area contributed by atoms with Gasteiger partial charge in [-0.05, 0) is 36.1 Å². The van der Waals surface area contributed by atoms with Crippen molar-refractivity contribution in [2.24, 2.45) is 0 Å². The predicted octanol–water partition coefficient (Wildman–Crippen LogP) is 3.88. The van der Waals surface area contributed by atoms with Crippen LogP contribution in [0.4, 0.5) is 0 Å². The van der Waals surface area contributed by atoms with E-state index in [1.54, 1.807) is 35.6 Å². The molecule has 0 fully saturated rings. The SMILES string of the molecule is CC[C@H](Oc1cccc(Cl)c1)C(=O)NCc1cccs1. The maximum atomic E-state index is 12.1. The normalized spacial score (nSPS) is 11.9. The number of thiophene rings is 1. The average molecular weight is 310 g/mol. The van der Waals surface area contributed by atoms with E-state index in [9.17, 15) is 4.79 Å². The quantitative estimate of drug-likeness (QED) is 0.879. The van der Waals surface area contributed by atoms with E-state index >= 15 is 0 Å². The maximum absolute atomic E-state index is 12.1. The van der Waals surface area contributed by atoms with Crippen LogP contribution in [0.3, 0.4) is 0 Å². The molecule has 20 heavy (non-hydrogen) atoms. The second kappa shape index (κ2) is 7.31. The van der Waals surface area contributed by atoms with Gasteiger partial charge in [0.25, 0.3) is 5.91 Å². The summed E-state index contributed by atoms with van der Waals surface area (Å²) >= 11 is 7.52. The zero-order valence-corrected chi connectivity index (χ0v) is 12.7. The number of benzene rings is 1. The van der Waals surface area contributed by atoms with Gasteiger partial charge in [-0.25, -0.2) is 0 Å². The van der Waals surface area contributed by atoms with E-state index in [2.05, 4.69) is 5.32 Å². The molecule has 1 atom stereocenters. The first-order valence-corrected chi connectivity index (χ1v) is 7.67. The molecule has 2 aromatic rings. The van der Waals surface area contributed by atoms with Gasteiger partial charge in [0.05, 0.1) is 6.54 Å². The third-order valence-corrected chi connectivity index (χ3v) is 3.87. The summed E-state index contributed by atoms with van der Waals surface area (Å²) in [4.78, 5) is 13.2. The number of halogens is 1. The van der Waals surface area contributed by atoms with Gasteiger partial charge in [-0.2, -0.15) is 0 Å². The van der Waals surface area contributed by atoms with E-state index in [1.807, 2.05) is 24.4 Å². The van der Waals surface area contributed by atoms with Gasteiger partial charge in [0.1, 0.15) is 5.75 Å². The van der Waals surface area contributed by atoms with Gasteiger partial charge in [0, 0.05) is 9.90 Å². The molecule has 2 rings (SSSR count). The molecule has 0 spiro atoms. The summed E-state index contributed by atoms with van der Waals surface area (Å²) in [6, 6.07) is 11.0. The van der Waals surface area contributed by atoms with Crippen LogP contribution in [-0.2, 0) is 11.3 Å². The highest BCUT2D eigenvalue weighted by Crippen LogP contribution is 2.19. The molecule has 3 nitrogen and oxygen atoms in total. The minimum atomic E-state index is -0.506. The van der Waals surface area contributed by atoms with Crippen LogP contribution in [0.15, 0.2) is 41.8 Å². The van der Waals surface area contributed by atoms with Crippen LogP contribution < -0.4 is 10.1 Å². The molecule has 1 heterocycles. The number of amides is 1. The van der Waals surface area contributed by atoms with Crippen LogP contribution in [0.25, 0.3) is 0 Å². The molecule has 0 aliphatic rings.